The van der Waals surface area contributed by atoms with Crippen LogP contribution in [0.3, 0.4) is 0 Å². The molecule has 0 bridgehead atoms. The normalized spacial score (nSPS) is 11.7. The molecule has 2 aromatic rings. The van der Waals surface area contributed by atoms with Crippen molar-refractivity contribution >= 4 is 25.8 Å². The number of hydrogen-bond donors (Lipinski definition) is 0. The van der Waals surface area contributed by atoms with Crippen LogP contribution < -0.4 is 10.6 Å². The lowest BCUT2D eigenvalue weighted by Gasteiger charge is -2.30. The van der Waals surface area contributed by atoms with E-state index in [1.54, 1.807) is 0 Å². The molecular weight excluding hydrogens is 338 g/mol. The summed E-state index contributed by atoms with van der Waals surface area (Å²) in [5, 5.41) is 4.52. The van der Waals surface area contributed by atoms with Crippen molar-refractivity contribution in [3.05, 3.63) is 72.6 Å². The highest BCUT2D eigenvalue weighted by Gasteiger charge is 2.46. The van der Waals surface area contributed by atoms with Crippen LogP contribution in [0.2, 0.25) is 0 Å². The Morgan fingerprint density at radius 2 is 1.36 bits per heavy atom. The van der Waals surface area contributed by atoms with Gasteiger partial charge in [0.25, 0.3) is 0 Å². The third-order valence-corrected chi connectivity index (χ3v) is 12.4. The van der Waals surface area contributed by atoms with Crippen LogP contribution in [0.15, 0.2) is 72.6 Å². The number of unbranched alkanes of at least 4 members (excludes halogenated alkanes) is 3. The molecule has 134 valence electrons. The fourth-order valence-electron chi connectivity index (χ4n) is 3.51. The Labute approximate surface area is 156 Å². The van der Waals surface area contributed by atoms with Crippen molar-refractivity contribution in [1.29, 1.82) is 0 Å². The Hall–Kier alpha value is -0.960. The quantitative estimate of drug-likeness (QED) is 0.317. The topological polar surface area (TPSA) is 0 Å². The molecule has 0 aromatic heterocycles. The molecule has 0 aliphatic heterocycles. The summed E-state index contributed by atoms with van der Waals surface area (Å²) in [6.07, 6.45) is 6.40. The van der Waals surface area contributed by atoms with E-state index in [9.17, 15) is 0 Å². The minimum atomic E-state index is -1.56. The molecule has 0 nitrogen and oxygen atoms in total. The van der Waals surface area contributed by atoms with Gasteiger partial charge in [0.05, 0.1) is 11.2 Å². The van der Waals surface area contributed by atoms with Crippen molar-refractivity contribution in [1.82, 2.24) is 0 Å². The predicted molar refractivity (Wildman–Crippen MR) is 121 cm³/mol. The van der Waals surface area contributed by atoms with E-state index in [2.05, 4.69) is 80.9 Å². The van der Waals surface area contributed by atoms with Gasteiger partial charge in [0.2, 0.25) is 0 Å². The van der Waals surface area contributed by atoms with E-state index in [4.69, 9.17) is 6.58 Å². The lowest BCUT2D eigenvalue weighted by Crippen LogP contribution is -2.25. The molecule has 2 rings (SSSR count). The summed E-state index contributed by atoms with van der Waals surface area (Å²) in [7, 11) is -1.56. The fraction of sp³-hybridized carbons (Fsp3) is 0.391. The molecule has 0 saturated heterocycles. The van der Waals surface area contributed by atoms with Gasteiger partial charge in [0.1, 0.15) is 17.9 Å². The first-order valence-electron chi connectivity index (χ1n) is 9.43. The van der Waals surface area contributed by atoms with Crippen LogP contribution in [0, 0.1) is 0 Å². The third kappa shape index (κ3) is 5.26. The molecule has 2 aromatic carbocycles. The van der Waals surface area contributed by atoms with Crippen molar-refractivity contribution in [3.63, 3.8) is 0 Å². The summed E-state index contributed by atoms with van der Waals surface area (Å²) < 4.78 is 0. The average Bonchev–Trinajstić information content (AvgIpc) is 2.64. The highest BCUT2D eigenvalue weighted by molar-refractivity contribution is 7.98. The van der Waals surface area contributed by atoms with E-state index >= 15 is 0 Å². The van der Waals surface area contributed by atoms with E-state index in [0.29, 0.717) is 0 Å². The van der Waals surface area contributed by atoms with E-state index in [1.807, 2.05) is 0 Å². The molecule has 0 spiro atoms. The van der Waals surface area contributed by atoms with Gasteiger partial charge in [-0.3, -0.25) is 0 Å². The van der Waals surface area contributed by atoms with Crippen molar-refractivity contribution in [3.8, 4) is 0 Å². The number of hydrogen-bond acceptors (Lipinski definition) is 0. The zero-order chi connectivity index (χ0) is 18.1. The van der Waals surface area contributed by atoms with Gasteiger partial charge in [-0.05, 0) is 44.0 Å². The zero-order valence-electron chi connectivity index (χ0n) is 16.1. The van der Waals surface area contributed by atoms with Gasteiger partial charge in [-0.1, -0.05) is 77.1 Å². The second-order valence-corrected chi connectivity index (χ2v) is 13.7. The predicted octanol–water partition coefficient (Wildman–Crippen LogP) is 6.84. The summed E-state index contributed by atoms with van der Waals surface area (Å²) in [5.74, 6) is 1.28. The lowest BCUT2D eigenvalue weighted by molar-refractivity contribution is 0.672. The van der Waals surface area contributed by atoms with E-state index in [-0.39, 0.29) is 7.92 Å². The Morgan fingerprint density at radius 3 is 1.80 bits per heavy atom. The SMILES string of the molecule is C=C(CCCCCC)[P+](CP(C)C)(c1ccccc1)c1ccccc1. The Kier molecular flexibility index (Phi) is 8.35. The van der Waals surface area contributed by atoms with Crippen LogP contribution in [0.25, 0.3) is 0 Å². The van der Waals surface area contributed by atoms with Crippen molar-refractivity contribution in [2.24, 2.45) is 0 Å². The molecule has 0 N–H and O–H groups in total. The van der Waals surface area contributed by atoms with Gasteiger partial charge in [0.15, 0.2) is 0 Å². The fourth-order valence-corrected chi connectivity index (χ4v) is 11.9. The monoisotopic (exact) mass is 371 g/mol. The summed E-state index contributed by atoms with van der Waals surface area (Å²) in [4.78, 5) is 0. The first-order chi connectivity index (χ1) is 12.1. The van der Waals surface area contributed by atoms with Gasteiger partial charge >= 0.3 is 0 Å². The first kappa shape index (κ1) is 20.4. The number of benzene rings is 2. The summed E-state index contributed by atoms with van der Waals surface area (Å²) in [5.41, 5.74) is 0. The van der Waals surface area contributed by atoms with E-state index < -0.39 is 7.26 Å². The standard InChI is InChI=1S/C23H33P2/c1-5-6-7-10-15-21(2)25(20-24(3)4,22-16-11-8-12-17-22)23-18-13-9-14-19-23/h8-9,11-14,16-19H,2,5-7,10,15,20H2,1,3-4H3/q+1. The third-order valence-electron chi connectivity index (χ3n) is 4.75. The second kappa shape index (κ2) is 10.3. The smallest absolute Gasteiger partial charge is 0.0720 e. The Balaban J connectivity index is 2.46. The van der Waals surface area contributed by atoms with Crippen LogP contribution in [0.5, 0.6) is 0 Å². The van der Waals surface area contributed by atoms with Crippen molar-refractivity contribution < 1.29 is 0 Å². The highest BCUT2D eigenvalue weighted by Crippen LogP contribution is 2.68. The van der Waals surface area contributed by atoms with Gasteiger partial charge in [-0.2, -0.15) is 0 Å². The molecule has 0 aliphatic rings. The lowest BCUT2D eigenvalue weighted by atomic mass is 10.1. The minimum absolute atomic E-state index is 0.00124. The van der Waals surface area contributed by atoms with E-state index in [0.717, 1.165) is 0 Å². The van der Waals surface area contributed by atoms with Crippen LogP contribution in [0.1, 0.15) is 39.0 Å². The molecule has 0 heterocycles. The summed E-state index contributed by atoms with van der Waals surface area (Å²) in [6.45, 7) is 11.8. The highest BCUT2D eigenvalue weighted by atomic mass is 31.2. The molecule has 0 saturated carbocycles. The van der Waals surface area contributed by atoms with E-state index in [1.165, 1.54) is 53.9 Å². The minimum Gasteiger partial charge on any atom is -0.0720 e. The molecule has 0 atom stereocenters. The van der Waals surface area contributed by atoms with Crippen LogP contribution in [-0.2, 0) is 0 Å². The maximum atomic E-state index is 4.69. The molecule has 0 amide bonds. The van der Waals surface area contributed by atoms with Gasteiger partial charge in [0, 0.05) is 6.42 Å². The average molecular weight is 371 g/mol. The van der Waals surface area contributed by atoms with Gasteiger partial charge < -0.3 is 0 Å². The van der Waals surface area contributed by atoms with Crippen LogP contribution in [-0.4, -0.2) is 19.2 Å². The van der Waals surface area contributed by atoms with Crippen LogP contribution >= 0.6 is 15.2 Å². The van der Waals surface area contributed by atoms with Crippen LogP contribution in [0.4, 0.5) is 0 Å². The largest absolute Gasteiger partial charge is 0.111 e. The molecular formula is C23H33P2+. The maximum absolute atomic E-state index is 4.69. The number of allylic oxidation sites excluding steroid dienone is 1. The van der Waals surface area contributed by atoms with Crippen molar-refractivity contribution in [2.45, 2.75) is 39.0 Å². The molecule has 0 unspecified atom stereocenters. The molecule has 2 heteroatoms. The van der Waals surface area contributed by atoms with Gasteiger partial charge in [-0.15, -0.1) is 0 Å². The Morgan fingerprint density at radius 1 is 0.840 bits per heavy atom. The Bertz CT molecular complexity index is 592. The summed E-state index contributed by atoms with van der Waals surface area (Å²) >= 11 is 0. The molecule has 0 aliphatic carbocycles. The van der Waals surface area contributed by atoms with Gasteiger partial charge in [-0.25, -0.2) is 0 Å². The molecule has 0 fully saturated rings. The molecule has 25 heavy (non-hydrogen) atoms. The zero-order valence-corrected chi connectivity index (χ0v) is 17.9. The second-order valence-electron chi connectivity index (χ2n) is 7.08. The summed E-state index contributed by atoms with van der Waals surface area (Å²) in [6, 6.07) is 22.4. The first-order valence-corrected chi connectivity index (χ1v) is 13.8. The maximum Gasteiger partial charge on any atom is 0.111 e. The number of rotatable bonds is 10. The van der Waals surface area contributed by atoms with Crippen molar-refractivity contribution in [2.75, 3.05) is 19.2 Å². The molecule has 0 radical (unpaired) electrons.